The van der Waals surface area contributed by atoms with E-state index in [1.165, 1.54) is 11.0 Å². The molecular weight excluding hydrogens is 569 g/mol. The molecule has 4 atom stereocenters. The highest BCUT2D eigenvalue weighted by atomic mass is 127. The maximum Gasteiger partial charge on any atom is 0.238 e. The summed E-state index contributed by atoms with van der Waals surface area (Å²) in [6.45, 7) is 1.64. The van der Waals surface area contributed by atoms with Gasteiger partial charge in [0.1, 0.15) is 5.75 Å². The number of imide groups is 1. The van der Waals surface area contributed by atoms with Crippen molar-refractivity contribution in [2.45, 2.75) is 25.7 Å². The SMILES string of the molecule is CC1=CC(=O)C2=C(C1=O)C(c1cccc(O)c1)C1=CCC3C(=O)N(c4ccc(I)cc4)C(=O)C3C1C2. The Labute approximate surface area is 221 Å². The Bertz CT molecular complexity index is 1460. The van der Waals surface area contributed by atoms with Crippen LogP contribution in [-0.2, 0) is 19.2 Å². The minimum Gasteiger partial charge on any atom is -0.508 e. The number of benzene rings is 2. The van der Waals surface area contributed by atoms with Crippen molar-refractivity contribution in [2.75, 3.05) is 4.90 Å². The summed E-state index contributed by atoms with van der Waals surface area (Å²) in [7, 11) is 0. The zero-order valence-corrected chi connectivity index (χ0v) is 21.6. The number of ketones is 2. The Morgan fingerprint density at radius 1 is 0.972 bits per heavy atom. The summed E-state index contributed by atoms with van der Waals surface area (Å²) >= 11 is 2.18. The lowest BCUT2D eigenvalue weighted by Crippen LogP contribution is -2.39. The van der Waals surface area contributed by atoms with Crippen molar-refractivity contribution in [1.82, 2.24) is 0 Å². The highest BCUT2D eigenvalue weighted by Crippen LogP contribution is 2.55. The van der Waals surface area contributed by atoms with Crippen LogP contribution in [0.15, 0.2) is 83.0 Å². The van der Waals surface area contributed by atoms with Crippen molar-refractivity contribution in [3.63, 3.8) is 0 Å². The zero-order chi connectivity index (χ0) is 25.3. The molecule has 36 heavy (non-hydrogen) atoms. The second-order valence-electron chi connectivity index (χ2n) is 9.81. The lowest BCUT2D eigenvalue weighted by atomic mass is 9.59. The van der Waals surface area contributed by atoms with E-state index in [1.54, 1.807) is 37.3 Å². The zero-order valence-electron chi connectivity index (χ0n) is 19.4. The van der Waals surface area contributed by atoms with Crippen LogP contribution in [0.4, 0.5) is 5.69 Å². The van der Waals surface area contributed by atoms with Crippen molar-refractivity contribution < 1.29 is 24.3 Å². The fourth-order valence-electron chi connectivity index (χ4n) is 6.29. The maximum absolute atomic E-state index is 13.8. The van der Waals surface area contributed by atoms with Gasteiger partial charge in [0.05, 0.1) is 17.5 Å². The number of anilines is 1. The van der Waals surface area contributed by atoms with E-state index in [0.717, 1.165) is 9.14 Å². The number of amides is 2. The van der Waals surface area contributed by atoms with Crippen LogP contribution in [0.3, 0.4) is 0 Å². The molecule has 7 heteroatoms. The first-order valence-electron chi connectivity index (χ1n) is 11.9. The molecule has 2 aromatic carbocycles. The molecule has 2 aromatic rings. The standard InChI is InChI=1S/C29H22INO5/c1-14-11-23(33)22-13-21-19(24(26(22)27(14)34)15-3-2-4-18(32)12-15)9-10-20-25(21)29(36)31(28(20)35)17-7-5-16(30)6-8-17/h2-9,11-12,20-21,24-25,32H,10,13H2,1H3. The number of carbonyl (C=O) groups excluding carboxylic acids is 4. The predicted octanol–water partition coefficient (Wildman–Crippen LogP) is 4.63. The summed E-state index contributed by atoms with van der Waals surface area (Å²) in [5.74, 6) is -2.90. The highest BCUT2D eigenvalue weighted by molar-refractivity contribution is 14.1. The third-order valence-corrected chi connectivity index (χ3v) is 8.57. The number of hydrogen-bond donors (Lipinski definition) is 1. The van der Waals surface area contributed by atoms with Crippen LogP contribution in [0.1, 0.15) is 31.2 Å². The Morgan fingerprint density at radius 3 is 2.44 bits per heavy atom. The lowest BCUT2D eigenvalue weighted by Gasteiger charge is -2.42. The first-order chi connectivity index (χ1) is 17.3. The van der Waals surface area contributed by atoms with Gasteiger partial charge in [0.2, 0.25) is 11.8 Å². The molecule has 0 radical (unpaired) electrons. The van der Waals surface area contributed by atoms with Gasteiger partial charge in [0.15, 0.2) is 11.6 Å². The van der Waals surface area contributed by atoms with Gasteiger partial charge in [-0.2, -0.15) is 0 Å². The van der Waals surface area contributed by atoms with E-state index in [0.29, 0.717) is 34.4 Å². The maximum atomic E-state index is 13.8. The third kappa shape index (κ3) is 3.36. The fraction of sp³-hybridized carbons (Fsp3) is 0.241. The first-order valence-corrected chi connectivity index (χ1v) is 13.0. The molecule has 0 bridgehead atoms. The molecule has 6 rings (SSSR count). The molecule has 0 spiro atoms. The molecule has 1 aliphatic heterocycles. The number of hydrogen-bond acceptors (Lipinski definition) is 5. The van der Waals surface area contributed by atoms with Gasteiger partial charge in [0.25, 0.3) is 0 Å². The first kappa shape index (κ1) is 23.1. The van der Waals surface area contributed by atoms with Gasteiger partial charge in [0, 0.05) is 26.2 Å². The quantitative estimate of drug-likeness (QED) is 0.238. The number of carbonyl (C=O) groups is 4. The van der Waals surface area contributed by atoms with Crippen LogP contribution >= 0.6 is 22.6 Å². The van der Waals surface area contributed by atoms with Crippen LogP contribution in [0.25, 0.3) is 0 Å². The summed E-state index contributed by atoms with van der Waals surface area (Å²) in [5.41, 5.74) is 3.34. The molecule has 4 aliphatic rings. The molecule has 2 amide bonds. The summed E-state index contributed by atoms with van der Waals surface area (Å²) in [6.07, 6.45) is 3.98. The number of Topliss-reactive ketones (excluding diaryl/α,β-unsaturated/α-hetero) is 1. The van der Waals surface area contributed by atoms with Crippen molar-refractivity contribution in [2.24, 2.45) is 17.8 Å². The van der Waals surface area contributed by atoms with Crippen LogP contribution in [0.5, 0.6) is 5.75 Å². The molecule has 3 aliphatic carbocycles. The van der Waals surface area contributed by atoms with Crippen molar-refractivity contribution >= 4 is 51.7 Å². The lowest BCUT2D eigenvalue weighted by molar-refractivity contribution is -0.123. The number of phenols is 1. The molecule has 1 fully saturated rings. The molecule has 6 nitrogen and oxygen atoms in total. The molecule has 0 saturated carbocycles. The van der Waals surface area contributed by atoms with Crippen LogP contribution in [0.2, 0.25) is 0 Å². The van der Waals surface area contributed by atoms with Gasteiger partial charge in [-0.1, -0.05) is 23.8 Å². The monoisotopic (exact) mass is 591 g/mol. The summed E-state index contributed by atoms with van der Waals surface area (Å²) in [4.78, 5) is 55.0. The molecule has 1 N–H and O–H groups in total. The van der Waals surface area contributed by atoms with Crippen LogP contribution < -0.4 is 4.90 Å². The Kier molecular flexibility index (Phi) is 5.37. The molecular formula is C29H22INO5. The van der Waals surface area contributed by atoms with Gasteiger partial charge in [-0.15, -0.1) is 0 Å². The van der Waals surface area contributed by atoms with Gasteiger partial charge in [-0.25, -0.2) is 0 Å². The summed E-state index contributed by atoms with van der Waals surface area (Å²) in [6, 6.07) is 14.0. The fourth-order valence-corrected chi connectivity index (χ4v) is 6.65. The Hall–Kier alpha value is -3.33. The van der Waals surface area contributed by atoms with Gasteiger partial charge < -0.3 is 5.11 Å². The molecule has 1 heterocycles. The Balaban J connectivity index is 1.48. The topological polar surface area (TPSA) is 91.8 Å². The smallest absolute Gasteiger partial charge is 0.238 e. The van der Waals surface area contributed by atoms with Gasteiger partial charge >= 0.3 is 0 Å². The number of rotatable bonds is 2. The number of fused-ring (bicyclic) bond motifs is 3. The van der Waals surface area contributed by atoms with E-state index in [1.807, 2.05) is 24.3 Å². The molecule has 1 saturated heterocycles. The van der Waals surface area contributed by atoms with E-state index in [2.05, 4.69) is 22.6 Å². The second kappa shape index (κ2) is 8.37. The predicted molar refractivity (Wildman–Crippen MR) is 141 cm³/mol. The number of allylic oxidation sites excluding steroid dienone is 6. The van der Waals surface area contributed by atoms with Gasteiger partial charge in [-0.3, -0.25) is 24.1 Å². The van der Waals surface area contributed by atoms with E-state index < -0.39 is 17.8 Å². The van der Waals surface area contributed by atoms with E-state index in [-0.39, 0.29) is 41.5 Å². The van der Waals surface area contributed by atoms with Gasteiger partial charge in [-0.05, 0) is 96.3 Å². The second-order valence-corrected chi connectivity index (χ2v) is 11.1. The number of phenolic OH excluding ortho intramolecular Hbond substituents is 1. The van der Waals surface area contributed by atoms with Crippen molar-refractivity contribution in [1.29, 1.82) is 0 Å². The molecule has 180 valence electrons. The molecule has 0 aromatic heterocycles. The average Bonchev–Trinajstić information content (AvgIpc) is 3.12. The van der Waals surface area contributed by atoms with E-state index >= 15 is 0 Å². The third-order valence-electron chi connectivity index (χ3n) is 7.85. The highest BCUT2D eigenvalue weighted by Gasteiger charge is 2.56. The molecule has 4 unspecified atom stereocenters. The number of nitrogens with zero attached hydrogens (tertiary/aromatic N) is 1. The van der Waals surface area contributed by atoms with E-state index in [4.69, 9.17) is 0 Å². The summed E-state index contributed by atoms with van der Waals surface area (Å²) < 4.78 is 1.00. The Morgan fingerprint density at radius 2 is 1.72 bits per heavy atom. The normalized spacial score (nSPS) is 27.4. The summed E-state index contributed by atoms with van der Waals surface area (Å²) in [5, 5.41) is 10.2. The average molecular weight is 591 g/mol. The minimum absolute atomic E-state index is 0.0601. The largest absolute Gasteiger partial charge is 0.508 e. The van der Waals surface area contributed by atoms with Crippen molar-refractivity contribution in [3.8, 4) is 5.75 Å². The van der Waals surface area contributed by atoms with Crippen molar-refractivity contribution in [3.05, 3.63) is 92.1 Å². The van der Waals surface area contributed by atoms with E-state index in [9.17, 15) is 24.3 Å². The minimum atomic E-state index is -0.611. The van der Waals surface area contributed by atoms with Crippen LogP contribution in [-0.4, -0.2) is 28.5 Å². The van der Waals surface area contributed by atoms with Crippen LogP contribution in [0, 0.1) is 21.3 Å². The number of halogens is 1. The number of aromatic hydroxyl groups is 1.